The summed E-state index contributed by atoms with van der Waals surface area (Å²) in [5.74, 6) is -1.37. The first-order valence-electron chi connectivity index (χ1n) is 12.0. The summed E-state index contributed by atoms with van der Waals surface area (Å²) in [6.07, 6.45) is 3.63. The van der Waals surface area contributed by atoms with Crippen LogP contribution in [0.1, 0.15) is 44.8 Å². The Kier molecular flexibility index (Phi) is 5.77. The molecule has 2 aromatic heterocycles. The summed E-state index contributed by atoms with van der Waals surface area (Å²) in [5.41, 5.74) is 3.22. The monoisotopic (exact) mass is 512 g/mol. The molecule has 7 nitrogen and oxygen atoms in total. The largest absolute Gasteiger partial charge is 0.381 e. The van der Waals surface area contributed by atoms with Gasteiger partial charge in [0.15, 0.2) is 11.6 Å². The van der Waals surface area contributed by atoms with Crippen LogP contribution in [0.25, 0.3) is 10.6 Å². The van der Waals surface area contributed by atoms with Crippen LogP contribution in [0.4, 0.5) is 14.7 Å². The molecule has 3 aliphatic rings. The van der Waals surface area contributed by atoms with Gasteiger partial charge in [0.05, 0.1) is 29.3 Å². The van der Waals surface area contributed by atoms with Gasteiger partial charge in [0.25, 0.3) is 5.91 Å². The number of carbonyl (C=O) groups excluding carboxylic acids is 1. The van der Waals surface area contributed by atoms with Crippen LogP contribution in [0, 0.1) is 25.5 Å². The van der Waals surface area contributed by atoms with E-state index in [1.807, 2.05) is 20.0 Å². The summed E-state index contributed by atoms with van der Waals surface area (Å²) in [7, 11) is 0. The first kappa shape index (κ1) is 23.4. The Bertz CT molecular complexity index is 1350. The minimum atomic E-state index is -0.921. The van der Waals surface area contributed by atoms with Crippen molar-refractivity contribution >= 4 is 23.2 Å². The van der Waals surface area contributed by atoms with E-state index in [0.717, 1.165) is 64.8 Å². The number of aromatic nitrogens is 2. The van der Waals surface area contributed by atoms with Gasteiger partial charge < -0.3 is 19.7 Å². The van der Waals surface area contributed by atoms with Gasteiger partial charge >= 0.3 is 0 Å². The summed E-state index contributed by atoms with van der Waals surface area (Å²) in [4.78, 5) is 26.7. The van der Waals surface area contributed by atoms with E-state index in [1.54, 1.807) is 16.2 Å². The van der Waals surface area contributed by atoms with Crippen LogP contribution in [0.3, 0.4) is 0 Å². The normalized spacial score (nSPS) is 19.0. The van der Waals surface area contributed by atoms with E-state index < -0.39 is 17.2 Å². The molecule has 1 N–H and O–H groups in total. The van der Waals surface area contributed by atoms with E-state index in [9.17, 15) is 13.6 Å². The van der Waals surface area contributed by atoms with E-state index in [1.165, 1.54) is 6.07 Å². The van der Waals surface area contributed by atoms with Crippen molar-refractivity contribution in [1.29, 1.82) is 0 Å². The number of rotatable bonds is 5. The molecule has 1 amide bonds. The third kappa shape index (κ3) is 3.70. The van der Waals surface area contributed by atoms with E-state index >= 15 is 0 Å². The van der Waals surface area contributed by atoms with Crippen LogP contribution < -0.4 is 5.32 Å². The summed E-state index contributed by atoms with van der Waals surface area (Å²) in [6.45, 7) is 6.28. The second-order valence-electron chi connectivity index (χ2n) is 9.68. The predicted octanol–water partition coefficient (Wildman–Crippen LogP) is 4.57. The molecule has 0 atom stereocenters. The van der Waals surface area contributed by atoms with E-state index in [2.05, 4.69) is 10.3 Å². The number of nitrogens with one attached hydrogen (secondary N) is 1. The number of nitrogens with zero attached hydrogens (tertiary/aromatic N) is 3. The highest BCUT2D eigenvalue weighted by atomic mass is 32.1. The molecule has 0 radical (unpaired) electrons. The third-order valence-electron chi connectivity index (χ3n) is 7.29. The van der Waals surface area contributed by atoms with Crippen LogP contribution >= 0.6 is 11.3 Å². The van der Waals surface area contributed by atoms with Crippen molar-refractivity contribution in [2.45, 2.75) is 44.8 Å². The van der Waals surface area contributed by atoms with Gasteiger partial charge in [0.2, 0.25) is 5.95 Å². The molecule has 0 bridgehead atoms. The first-order chi connectivity index (χ1) is 17.4. The van der Waals surface area contributed by atoms with Gasteiger partial charge in [-0.1, -0.05) is 6.07 Å². The van der Waals surface area contributed by atoms with Crippen LogP contribution in [0.2, 0.25) is 0 Å². The topological polar surface area (TPSA) is 76.6 Å². The van der Waals surface area contributed by atoms with Gasteiger partial charge in [0.1, 0.15) is 5.54 Å². The molecule has 5 heterocycles. The van der Waals surface area contributed by atoms with Gasteiger partial charge in [0, 0.05) is 36.9 Å². The molecule has 1 aromatic carbocycles. The maximum Gasteiger partial charge on any atom is 0.256 e. The Morgan fingerprint density at radius 3 is 2.64 bits per heavy atom. The molecular weight excluding hydrogens is 486 g/mol. The quantitative estimate of drug-likeness (QED) is 0.540. The molecule has 0 unspecified atom stereocenters. The Morgan fingerprint density at radius 2 is 1.94 bits per heavy atom. The average Bonchev–Trinajstić information content (AvgIpc) is 3.30. The molecule has 0 aliphatic carbocycles. The van der Waals surface area contributed by atoms with Crippen molar-refractivity contribution in [3.05, 3.63) is 63.2 Å². The maximum atomic E-state index is 13.8. The number of anilines is 1. The van der Waals surface area contributed by atoms with E-state index in [-0.39, 0.29) is 18.5 Å². The number of benzene rings is 1. The Balaban J connectivity index is 1.34. The number of fused-ring (bicyclic) bond motifs is 2. The molecule has 6 rings (SSSR count). The standard InChI is InChI=1S/C26H26F2N4O3S/c1-14-10-29-25(30-17-5-7-34-8-6-17)31-21(14)22-15(2)20-23(36-22)26(12-35-13-26)32(24(20)33)11-16-3-4-18(27)19(28)9-16/h3-4,9-10,17H,5-8,11-13H2,1-2H3,(H,29,30,31). The maximum absolute atomic E-state index is 13.8. The number of amides is 1. The molecule has 2 fully saturated rings. The zero-order valence-corrected chi connectivity index (χ0v) is 20.9. The highest BCUT2D eigenvalue weighted by Crippen LogP contribution is 2.52. The van der Waals surface area contributed by atoms with Gasteiger partial charge in [-0.25, -0.2) is 18.7 Å². The van der Waals surface area contributed by atoms with Crippen LogP contribution in [-0.2, 0) is 21.6 Å². The van der Waals surface area contributed by atoms with E-state index in [4.69, 9.17) is 14.5 Å². The summed E-state index contributed by atoms with van der Waals surface area (Å²) < 4.78 is 38.3. The lowest BCUT2D eigenvalue weighted by molar-refractivity contribution is -0.126. The average molecular weight is 513 g/mol. The van der Waals surface area contributed by atoms with Gasteiger partial charge in [-0.3, -0.25) is 4.79 Å². The number of halogens is 2. The molecule has 188 valence electrons. The first-order valence-corrected chi connectivity index (χ1v) is 12.8. The van der Waals surface area contributed by atoms with Crippen LogP contribution in [0.15, 0.2) is 24.4 Å². The fraction of sp³-hybridized carbons (Fsp3) is 0.423. The Hall–Kier alpha value is -2.95. The number of aryl methyl sites for hydroxylation is 1. The van der Waals surface area contributed by atoms with Gasteiger partial charge in [-0.15, -0.1) is 11.3 Å². The van der Waals surface area contributed by atoms with Crippen molar-refractivity contribution in [1.82, 2.24) is 14.9 Å². The zero-order chi connectivity index (χ0) is 25.0. The fourth-order valence-corrected chi connectivity index (χ4v) is 6.69. The number of thiophene rings is 1. The smallest absolute Gasteiger partial charge is 0.256 e. The number of hydrogen-bond acceptors (Lipinski definition) is 7. The number of ether oxygens (including phenoxy) is 2. The van der Waals surface area contributed by atoms with Gasteiger partial charge in [-0.2, -0.15) is 0 Å². The SMILES string of the molecule is Cc1cnc(NC2CCOCC2)nc1-c1sc2c(c1C)C(=O)N(Cc1ccc(F)c(F)c1)C21COC1. The van der Waals surface area contributed by atoms with Crippen LogP contribution in [-0.4, -0.2) is 53.2 Å². The lowest BCUT2D eigenvalue weighted by Crippen LogP contribution is -2.56. The Labute approximate surface area is 211 Å². The summed E-state index contributed by atoms with van der Waals surface area (Å²) in [6, 6.07) is 4.03. The second-order valence-corrected chi connectivity index (χ2v) is 10.7. The minimum absolute atomic E-state index is 0.120. The molecular formula is C26H26F2N4O3S. The Morgan fingerprint density at radius 1 is 1.17 bits per heavy atom. The molecule has 36 heavy (non-hydrogen) atoms. The summed E-state index contributed by atoms with van der Waals surface area (Å²) >= 11 is 1.56. The molecule has 3 aliphatic heterocycles. The molecule has 10 heteroatoms. The number of carbonyl (C=O) groups is 1. The van der Waals surface area contributed by atoms with Crippen LogP contribution in [0.5, 0.6) is 0 Å². The second kappa shape index (κ2) is 8.86. The molecule has 3 aromatic rings. The molecule has 0 saturated carbocycles. The van der Waals surface area contributed by atoms with E-state index in [0.29, 0.717) is 30.3 Å². The zero-order valence-electron chi connectivity index (χ0n) is 20.1. The highest BCUT2D eigenvalue weighted by Gasteiger charge is 2.57. The van der Waals surface area contributed by atoms with Crippen molar-refractivity contribution in [2.75, 3.05) is 31.7 Å². The third-order valence-corrected chi connectivity index (χ3v) is 8.78. The highest BCUT2D eigenvalue weighted by molar-refractivity contribution is 7.16. The van der Waals surface area contributed by atoms with Crippen molar-refractivity contribution in [2.24, 2.45) is 0 Å². The van der Waals surface area contributed by atoms with Crippen molar-refractivity contribution < 1.29 is 23.0 Å². The lowest BCUT2D eigenvalue weighted by atomic mass is 9.94. The van der Waals surface area contributed by atoms with Crippen molar-refractivity contribution in [3.63, 3.8) is 0 Å². The molecule has 2 saturated heterocycles. The summed E-state index contributed by atoms with van der Waals surface area (Å²) in [5, 5.41) is 3.43. The number of hydrogen-bond donors (Lipinski definition) is 1. The fourth-order valence-electron chi connectivity index (χ4n) is 5.17. The van der Waals surface area contributed by atoms with Gasteiger partial charge in [-0.05, 0) is 55.5 Å². The minimum Gasteiger partial charge on any atom is -0.381 e. The van der Waals surface area contributed by atoms with Crippen molar-refractivity contribution in [3.8, 4) is 10.6 Å². The lowest BCUT2D eigenvalue weighted by Gasteiger charge is -2.45. The predicted molar refractivity (Wildman–Crippen MR) is 131 cm³/mol. The molecule has 1 spiro atoms.